The quantitative estimate of drug-likeness (QED) is 0.782. The number of aromatic nitrogens is 1. The van der Waals surface area contributed by atoms with E-state index in [1.54, 1.807) is 15.7 Å². The Labute approximate surface area is 175 Å². The fraction of sp³-hybridized carbons (Fsp3) is 0.435. The van der Waals surface area contributed by atoms with Crippen molar-refractivity contribution in [1.29, 1.82) is 0 Å². The lowest BCUT2D eigenvalue weighted by Crippen LogP contribution is -2.43. The molecule has 2 heterocycles. The number of nitrogens with one attached hydrogen (secondary N) is 1. The summed E-state index contributed by atoms with van der Waals surface area (Å²) < 4.78 is 1.56. The van der Waals surface area contributed by atoms with Crippen LogP contribution in [0.15, 0.2) is 41.3 Å². The van der Waals surface area contributed by atoms with Crippen LogP contribution in [0.4, 0.5) is 0 Å². The number of aliphatic hydroxyl groups is 1. The molecule has 1 fully saturated rings. The minimum absolute atomic E-state index is 0.117. The number of carbonyl (C=O) groups is 2. The van der Waals surface area contributed by atoms with Gasteiger partial charge in [-0.15, -0.1) is 0 Å². The van der Waals surface area contributed by atoms with E-state index in [-0.39, 0.29) is 35.5 Å². The lowest BCUT2D eigenvalue weighted by Gasteiger charge is -2.30. The summed E-state index contributed by atoms with van der Waals surface area (Å²) in [5, 5.41) is 12.3. The zero-order valence-corrected chi connectivity index (χ0v) is 17.0. The summed E-state index contributed by atoms with van der Waals surface area (Å²) in [6.45, 7) is 0.477. The first-order valence-corrected chi connectivity index (χ1v) is 10.6. The highest BCUT2D eigenvalue weighted by Crippen LogP contribution is 2.23. The monoisotopic (exact) mass is 409 g/mol. The van der Waals surface area contributed by atoms with Crippen LogP contribution < -0.4 is 10.9 Å². The highest BCUT2D eigenvalue weighted by molar-refractivity contribution is 5.96. The Balaban J connectivity index is 1.73. The molecule has 158 valence electrons. The molecule has 0 radical (unpaired) electrons. The van der Waals surface area contributed by atoms with E-state index in [1.807, 2.05) is 30.3 Å². The normalized spacial score (nSPS) is 16.4. The highest BCUT2D eigenvalue weighted by Gasteiger charge is 2.29. The third kappa shape index (κ3) is 4.16. The number of hydrogen-bond donors (Lipinski definition) is 2. The summed E-state index contributed by atoms with van der Waals surface area (Å²) in [7, 11) is 0. The van der Waals surface area contributed by atoms with Crippen LogP contribution >= 0.6 is 0 Å². The van der Waals surface area contributed by atoms with Gasteiger partial charge in [0.05, 0.1) is 6.54 Å². The number of fused-ring (bicyclic) bond motifs is 1. The third-order valence-electron chi connectivity index (χ3n) is 6.07. The average Bonchev–Trinajstić information content (AvgIpc) is 3.27. The van der Waals surface area contributed by atoms with Crippen molar-refractivity contribution in [2.75, 3.05) is 13.2 Å². The van der Waals surface area contributed by atoms with Crippen LogP contribution in [0.2, 0.25) is 0 Å². The number of benzene rings is 1. The molecular formula is C23H27N3O4. The number of aliphatic hydroxyl groups excluding tert-OH is 1. The molecule has 1 aromatic heterocycles. The first kappa shape index (κ1) is 20.3. The van der Waals surface area contributed by atoms with Gasteiger partial charge in [0.2, 0.25) is 5.91 Å². The fourth-order valence-corrected chi connectivity index (χ4v) is 4.48. The van der Waals surface area contributed by atoms with Gasteiger partial charge in [-0.2, -0.15) is 0 Å². The van der Waals surface area contributed by atoms with Gasteiger partial charge in [0, 0.05) is 25.3 Å². The molecular weight excluding hydrogens is 382 g/mol. The van der Waals surface area contributed by atoms with Gasteiger partial charge >= 0.3 is 0 Å². The van der Waals surface area contributed by atoms with Crippen LogP contribution in [0.25, 0.3) is 0 Å². The van der Waals surface area contributed by atoms with E-state index in [0.717, 1.165) is 42.4 Å². The summed E-state index contributed by atoms with van der Waals surface area (Å²) >= 11 is 0. The Hall–Kier alpha value is -2.93. The molecule has 2 aliphatic rings. The van der Waals surface area contributed by atoms with E-state index < -0.39 is 6.61 Å². The molecule has 0 atom stereocenters. The van der Waals surface area contributed by atoms with Gasteiger partial charge in [0.1, 0.15) is 12.2 Å². The lowest BCUT2D eigenvalue weighted by atomic mass is 9.95. The van der Waals surface area contributed by atoms with Crippen molar-refractivity contribution in [2.45, 2.75) is 51.2 Å². The molecule has 2 amide bonds. The van der Waals surface area contributed by atoms with Gasteiger partial charge in [-0.05, 0) is 36.0 Å². The molecule has 4 rings (SSSR count). The number of amides is 2. The van der Waals surface area contributed by atoms with Crippen molar-refractivity contribution >= 4 is 11.8 Å². The van der Waals surface area contributed by atoms with Gasteiger partial charge in [-0.25, -0.2) is 0 Å². The number of carbonyl (C=O) groups excluding carboxylic acids is 2. The van der Waals surface area contributed by atoms with E-state index in [0.29, 0.717) is 19.5 Å². The van der Waals surface area contributed by atoms with Crippen LogP contribution in [0.1, 0.15) is 52.7 Å². The average molecular weight is 409 g/mol. The predicted octanol–water partition coefficient (Wildman–Crippen LogP) is 1.45. The van der Waals surface area contributed by atoms with Crippen LogP contribution in [0.5, 0.6) is 0 Å². The Morgan fingerprint density at radius 1 is 1.13 bits per heavy atom. The van der Waals surface area contributed by atoms with Crippen molar-refractivity contribution in [3.05, 3.63) is 69.1 Å². The topological polar surface area (TPSA) is 91.6 Å². The molecule has 1 saturated carbocycles. The summed E-state index contributed by atoms with van der Waals surface area (Å²) in [4.78, 5) is 40.0. The zero-order chi connectivity index (χ0) is 21.1. The molecule has 1 aromatic carbocycles. The van der Waals surface area contributed by atoms with Gasteiger partial charge in [-0.3, -0.25) is 14.4 Å². The smallest absolute Gasteiger partial charge is 0.264 e. The standard InChI is InChI=1S/C23H27N3O4/c27-15-20(28)25-11-10-19-17(13-25)14-26(12-16-6-2-1-3-7-16)23(30)21(19)22(29)24-18-8-4-5-9-18/h1-3,6-7,14,18,27H,4-5,8-13,15H2,(H,24,29). The molecule has 1 aliphatic heterocycles. The fourth-order valence-electron chi connectivity index (χ4n) is 4.48. The minimum atomic E-state index is -0.548. The molecule has 0 saturated heterocycles. The zero-order valence-electron chi connectivity index (χ0n) is 17.0. The van der Waals surface area contributed by atoms with Crippen molar-refractivity contribution in [1.82, 2.24) is 14.8 Å². The third-order valence-corrected chi connectivity index (χ3v) is 6.07. The minimum Gasteiger partial charge on any atom is -0.387 e. The maximum Gasteiger partial charge on any atom is 0.264 e. The summed E-state index contributed by atoms with van der Waals surface area (Å²) in [5.74, 6) is -0.661. The van der Waals surface area contributed by atoms with Gasteiger partial charge < -0.3 is 19.9 Å². The first-order valence-electron chi connectivity index (χ1n) is 10.6. The maximum absolute atomic E-state index is 13.3. The van der Waals surface area contributed by atoms with Crippen molar-refractivity contribution in [3.63, 3.8) is 0 Å². The Morgan fingerprint density at radius 3 is 2.57 bits per heavy atom. The van der Waals surface area contributed by atoms with Crippen molar-refractivity contribution < 1.29 is 14.7 Å². The maximum atomic E-state index is 13.3. The molecule has 2 aromatic rings. The largest absolute Gasteiger partial charge is 0.387 e. The molecule has 1 aliphatic carbocycles. The second kappa shape index (κ2) is 8.83. The van der Waals surface area contributed by atoms with E-state index >= 15 is 0 Å². The summed E-state index contributed by atoms with van der Waals surface area (Å²) in [6, 6.07) is 9.73. The number of nitrogens with zero attached hydrogens (tertiary/aromatic N) is 2. The molecule has 30 heavy (non-hydrogen) atoms. The van der Waals surface area contributed by atoms with Gasteiger partial charge in [-0.1, -0.05) is 43.2 Å². The van der Waals surface area contributed by atoms with E-state index in [4.69, 9.17) is 0 Å². The second-order valence-electron chi connectivity index (χ2n) is 8.10. The Bertz CT molecular complexity index is 993. The summed E-state index contributed by atoms with van der Waals surface area (Å²) in [6.07, 6.45) is 6.25. The number of hydrogen-bond acceptors (Lipinski definition) is 4. The Morgan fingerprint density at radius 2 is 1.87 bits per heavy atom. The molecule has 0 bridgehead atoms. The molecule has 2 N–H and O–H groups in total. The molecule has 0 unspecified atom stereocenters. The van der Waals surface area contributed by atoms with Crippen molar-refractivity contribution in [3.8, 4) is 0 Å². The lowest BCUT2D eigenvalue weighted by molar-refractivity contribution is -0.135. The van der Waals surface area contributed by atoms with Crippen molar-refractivity contribution in [2.24, 2.45) is 0 Å². The van der Waals surface area contributed by atoms with Gasteiger partial charge in [0.25, 0.3) is 11.5 Å². The van der Waals surface area contributed by atoms with E-state index in [9.17, 15) is 19.5 Å². The SMILES string of the molecule is O=C(NC1CCCC1)c1c2c(cn(Cc3ccccc3)c1=O)CN(C(=O)CO)CC2. The molecule has 0 spiro atoms. The van der Waals surface area contributed by atoms with E-state index in [2.05, 4.69) is 5.32 Å². The Kier molecular flexibility index (Phi) is 5.99. The second-order valence-corrected chi connectivity index (χ2v) is 8.10. The summed E-state index contributed by atoms with van der Waals surface area (Å²) in [5.41, 5.74) is 2.37. The number of pyridine rings is 1. The van der Waals surface area contributed by atoms with E-state index in [1.165, 1.54) is 0 Å². The van der Waals surface area contributed by atoms with Crippen LogP contribution in [-0.4, -0.2) is 45.6 Å². The number of rotatable bonds is 5. The van der Waals surface area contributed by atoms with Crippen LogP contribution in [-0.2, 0) is 24.3 Å². The first-order chi connectivity index (χ1) is 14.6. The molecule has 7 heteroatoms. The van der Waals surface area contributed by atoms with Crippen LogP contribution in [0.3, 0.4) is 0 Å². The highest BCUT2D eigenvalue weighted by atomic mass is 16.3. The predicted molar refractivity (Wildman–Crippen MR) is 112 cm³/mol. The van der Waals surface area contributed by atoms with Gasteiger partial charge in [0.15, 0.2) is 0 Å². The van der Waals surface area contributed by atoms with Crippen LogP contribution in [0, 0.1) is 0 Å². The molecule has 7 nitrogen and oxygen atoms in total.